The molecule has 1 aromatic carbocycles. The van der Waals surface area contributed by atoms with Crippen molar-refractivity contribution in [2.24, 2.45) is 0 Å². The lowest BCUT2D eigenvalue weighted by molar-refractivity contribution is 0.0651. The molecule has 0 spiro atoms. The first-order chi connectivity index (χ1) is 11.7. The zero-order valence-corrected chi connectivity index (χ0v) is 12.3. The van der Waals surface area contributed by atoms with Gasteiger partial charge in [-0.25, -0.2) is 9.59 Å². The molecular weight excluding hydrogens is 334 g/mol. The molecule has 3 rings (SSSR count). The second-order valence-electron chi connectivity index (χ2n) is 5.09. The molecule has 0 atom stereocenters. The average molecular weight is 343 g/mol. The molecule has 5 N–H and O–H groups in total. The fourth-order valence-electron chi connectivity index (χ4n) is 2.66. The van der Waals surface area contributed by atoms with Gasteiger partial charge in [-0.2, -0.15) is 0 Å². The molecule has 0 saturated carbocycles. The van der Waals surface area contributed by atoms with Crippen molar-refractivity contribution in [2.45, 2.75) is 0 Å². The SMILES string of the molecule is Nc1c2c(cc(=O)n1-c1cccc(C(=O)O)c1C(=O)O)C(=O)NC2=O. The largest absolute Gasteiger partial charge is 0.478 e. The molecule has 0 saturated heterocycles. The van der Waals surface area contributed by atoms with Crippen LogP contribution in [-0.4, -0.2) is 38.5 Å². The number of aromatic carboxylic acids is 2. The number of nitrogens with two attached hydrogens (primary N) is 1. The molecule has 0 radical (unpaired) electrons. The number of pyridine rings is 1. The van der Waals surface area contributed by atoms with Crippen molar-refractivity contribution in [1.82, 2.24) is 9.88 Å². The maximum absolute atomic E-state index is 12.4. The summed E-state index contributed by atoms with van der Waals surface area (Å²) in [5.41, 5.74) is 2.88. The van der Waals surface area contributed by atoms with Gasteiger partial charge in [0.15, 0.2) is 0 Å². The van der Waals surface area contributed by atoms with E-state index in [1.165, 1.54) is 12.1 Å². The fourth-order valence-corrected chi connectivity index (χ4v) is 2.66. The van der Waals surface area contributed by atoms with Gasteiger partial charge in [-0.3, -0.25) is 24.3 Å². The smallest absolute Gasteiger partial charge is 0.338 e. The van der Waals surface area contributed by atoms with Gasteiger partial charge in [-0.15, -0.1) is 0 Å². The van der Waals surface area contributed by atoms with Crippen molar-refractivity contribution in [3.05, 3.63) is 56.9 Å². The van der Waals surface area contributed by atoms with E-state index in [1.54, 1.807) is 0 Å². The van der Waals surface area contributed by atoms with Crippen molar-refractivity contribution in [1.29, 1.82) is 0 Å². The van der Waals surface area contributed by atoms with Crippen LogP contribution in [0.4, 0.5) is 5.82 Å². The van der Waals surface area contributed by atoms with Gasteiger partial charge in [0.1, 0.15) is 5.82 Å². The number of carboxylic acids is 2. The standard InChI is InChI=1S/C15H9N3O7/c16-11-10-6(12(20)17-13(10)21)4-8(19)18(11)7-3-1-2-5(14(22)23)9(7)15(24)25/h1-4H,16H2,(H,22,23)(H,24,25)(H,17,20,21). The molecule has 0 bridgehead atoms. The number of carbonyl (C=O) groups excluding carboxylic acids is 2. The van der Waals surface area contributed by atoms with E-state index in [9.17, 15) is 29.1 Å². The topological polar surface area (TPSA) is 169 Å². The number of rotatable bonds is 3. The maximum Gasteiger partial charge on any atom is 0.338 e. The van der Waals surface area contributed by atoms with E-state index in [4.69, 9.17) is 10.8 Å². The van der Waals surface area contributed by atoms with Crippen LogP contribution in [0.1, 0.15) is 41.4 Å². The lowest BCUT2D eigenvalue weighted by Crippen LogP contribution is -2.26. The van der Waals surface area contributed by atoms with Gasteiger partial charge >= 0.3 is 11.9 Å². The number of amides is 2. The number of anilines is 1. The van der Waals surface area contributed by atoms with E-state index in [1.807, 2.05) is 5.32 Å². The number of imide groups is 1. The van der Waals surface area contributed by atoms with Crippen LogP contribution in [-0.2, 0) is 0 Å². The highest BCUT2D eigenvalue weighted by Gasteiger charge is 2.33. The predicted octanol–water partition coefficient (Wildman–Crippen LogP) is -0.300. The van der Waals surface area contributed by atoms with Gasteiger partial charge in [0.05, 0.1) is 27.9 Å². The Hall–Kier alpha value is -3.95. The fraction of sp³-hybridized carbons (Fsp3) is 0. The third-order valence-electron chi connectivity index (χ3n) is 3.68. The highest BCUT2D eigenvalue weighted by atomic mass is 16.4. The van der Waals surface area contributed by atoms with Gasteiger partial charge in [-0.05, 0) is 12.1 Å². The Morgan fingerprint density at radius 1 is 1.04 bits per heavy atom. The predicted molar refractivity (Wildman–Crippen MR) is 82.2 cm³/mol. The van der Waals surface area contributed by atoms with Crippen LogP contribution in [0.3, 0.4) is 0 Å². The van der Waals surface area contributed by atoms with Gasteiger partial charge in [0.25, 0.3) is 17.4 Å². The van der Waals surface area contributed by atoms with Crippen molar-refractivity contribution in [3.63, 3.8) is 0 Å². The van der Waals surface area contributed by atoms with Crippen molar-refractivity contribution in [3.8, 4) is 5.69 Å². The number of carboxylic acid groups (broad SMARTS) is 2. The molecule has 2 aromatic rings. The molecule has 1 aliphatic rings. The first-order valence-corrected chi connectivity index (χ1v) is 6.75. The van der Waals surface area contributed by atoms with Crippen LogP contribution < -0.4 is 16.6 Å². The van der Waals surface area contributed by atoms with E-state index in [0.29, 0.717) is 4.57 Å². The summed E-state index contributed by atoms with van der Waals surface area (Å²) in [5.74, 6) is -5.21. The molecule has 10 nitrogen and oxygen atoms in total. The Morgan fingerprint density at radius 2 is 1.72 bits per heavy atom. The summed E-state index contributed by atoms with van der Waals surface area (Å²) < 4.78 is 0.687. The molecule has 1 aliphatic heterocycles. The number of benzene rings is 1. The average Bonchev–Trinajstić information content (AvgIpc) is 2.81. The summed E-state index contributed by atoms with van der Waals surface area (Å²) in [6.45, 7) is 0. The third kappa shape index (κ3) is 2.24. The molecule has 25 heavy (non-hydrogen) atoms. The van der Waals surface area contributed by atoms with Crippen molar-refractivity contribution < 1.29 is 29.4 Å². The van der Waals surface area contributed by atoms with Crippen LogP contribution in [0.2, 0.25) is 0 Å². The summed E-state index contributed by atoms with van der Waals surface area (Å²) in [4.78, 5) is 58.7. The van der Waals surface area contributed by atoms with Gasteiger partial charge < -0.3 is 15.9 Å². The number of carbonyl (C=O) groups is 4. The minimum absolute atomic E-state index is 0.227. The quantitative estimate of drug-likeness (QED) is 0.550. The second kappa shape index (κ2) is 5.30. The normalized spacial score (nSPS) is 12.6. The summed E-state index contributed by atoms with van der Waals surface area (Å²) in [6, 6.07) is 4.30. The summed E-state index contributed by atoms with van der Waals surface area (Å²) >= 11 is 0. The molecule has 10 heteroatoms. The first-order valence-electron chi connectivity index (χ1n) is 6.75. The van der Waals surface area contributed by atoms with Crippen LogP contribution in [0.5, 0.6) is 0 Å². The Morgan fingerprint density at radius 3 is 2.32 bits per heavy atom. The number of hydrogen-bond donors (Lipinski definition) is 4. The van der Waals surface area contributed by atoms with Crippen LogP contribution >= 0.6 is 0 Å². The molecule has 0 aliphatic carbocycles. The number of nitrogens with one attached hydrogen (secondary N) is 1. The monoisotopic (exact) mass is 343 g/mol. The second-order valence-corrected chi connectivity index (χ2v) is 5.09. The number of fused-ring (bicyclic) bond motifs is 1. The molecule has 126 valence electrons. The zero-order valence-electron chi connectivity index (χ0n) is 12.3. The Labute approximate surface area is 138 Å². The summed E-state index contributed by atoms with van der Waals surface area (Å²) in [5, 5.41) is 20.5. The molecule has 0 unspecified atom stereocenters. The molecule has 0 fully saturated rings. The van der Waals surface area contributed by atoms with Gasteiger partial charge in [0.2, 0.25) is 0 Å². The molecular formula is C15H9N3O7. The Balaban J connectivity index is 2.42. The molecule has 1 aromatic heterocycles. The first kappa shape index (κ1) is 15.9. The van der Waals surface area contributed by atoms with Gasteiger partial charge in [-0.1, -0.05) is 6.07 Å². The van der Waals surface area contributed by atoms with E-state index in [0.717, 1.165) is 12.1 Å². The molecule has 2 heterocycles. The van der Waals surface area contributed by atoms with Crippen LogP contribution in [0.25, 0.3) is 5.69 Å². The maximum atomic E-state index is 12.4. The van der Waals surface area contributed by atoms with Crippen LogP contribution in [0.15, 0.2) is 29.1 Å². The number of nitrogen functional groups attached to an aromatic ring is 1. The lowest BCUT2D eigenvalue weighted by atomic mass is 10.0. The van der Waals surface area contributed by atoms with Crippen LogP contribution in [0, 0.1) is 0 Å². The molecule has 2 amide bonds. The highest BCUT2D eigenvalue weighted by Crippen LogP contribution is 2.26. The third-order valence-corrected chi connectivity index (χ3v) is 3.68. The van der Waals surface area contributed by atoms with E-state index in [-0.39, 0.29) is 16.8 Å². The Bertz CT molecular complexity index is 1050. The van der Waals surface area contributed by atoms with Gasteiger partial charge in [0, 0.05) is 6.07 Å². The lowest BCUT2D eigenvalue weighted by Gasteiger charge is -2.15. The van der Waals surface area contributed by atoms with Crippen molar-refractivity contribution in [2.75, 3.05) is 5.73 Å². The minimum atomic E-state index is -1.60. The highest BCUT2D eigenvalue weighted by molar-refractivity contribution is 6.23. The zero-order chi connectivity index (χ0) is 18.5. The number of nitrogens with zero attached hydrogens (tertiary/aromatic N) is 1. The van der Waals surface area contributed by atoms with E-state index < -0.39 is 46.3 Å². The minimum Gasteiger partial charge on any atom is -0.478 e. The van der Waals surface area contributed by atoms with Crippen molar-refractivity contribution >= 4 is 29.6 Å². The Kier molecular flexibility index (Phi) is 3.38. The number of hydrogen-bond acceptors (Lipinski definition) is 6. The summed E-state index contributed by atoms with van der Waals surface area (Å²) in [6.07, 6.45) is 0. The summed E-state index contributed by atoms with van der Waals surface area (Å²) in [7, 11) is 0. The van der Waals surface area contributed by atoms with E-state index in [2.05, 4.69) is 0 Å². The van der Waals surface area contributed by atoms with E-state index >= 15 is 0 Å². The number of aromatic nitrogens is 1.